The molecule has 6 atom stereocenters. The highest BCUT2D eigenvalue weighted by atomic mass is 16.8. The van der Waals surface area contributed by atoms with Crippen LogP contribution in [-0.4, -0.2) is 41.9 Å². The van der Waals surface area contributed by atoms with Crippen LogP contribution in [0.1, 0.15) is 70.6 Å². The first kappa shape index (κ1) is 15.6. The monoisotopic (exact) mass is 333 g/mol. The smallest absolute Gasteiger partial charge is 0.169 e. The fraction of sp³-hybridized carbons (Fsp3) is 0.947. The van der Waals surface area contributed by atoms with Crippen molar-refractivity contribution in [1.29, 1.82) is 5.26 Å². The van der Waals surface area contributed by atoms with Gasteiger partial charge in [0, 0.05) is 32.1 Å². The van der Waals surface area contributed by atoms with Crippen LogP contribution in [-0.2, 0) is 18.9 Å². The molecule has 0 aromatic rings. The van der Waals surface area contributed by atoms with Crippen molar-refractivity contribution < 1.29 is 18.9 Å². The van der Waals surface area contributed by atoms with Crippen LogP contribution in [0.3, 0.4) is 0 Å². The second-order valence-corrected chi connectivity index (χ2v) is 8.36. The number of nitrogens with zero attached hydrogens (tertiary/aromatic N) is 1. The van der Waals surface area contributed by atoms with Crippen LogP contribution >= 0.6 is 0 Å². The lowest BCUT2D eigenvalue weighted by molar-refractivity contribution is -0.215. The lowest BCUT2D eigenvalue weighted by Gasteiger charge is -2.44. The molecular weight excluding hydrogens is 306 g/mol. The van der Waals surface area contributed by atoms with Crippen molar-refractivity contribution in [2.24, 2.45) is 0 Å². The molecule has 5 heteroatoms. The molecular formula is C19H27NO4. The standard InChI is InChI=1S/C19H27NO4/c20-10-4-5-13-6-7-16-18(22-13)11-14(21-16)17-15(12-18)23-19(24-17)8-2-1-3-9-19/h13-17H,1-9,11-12H2/t13?,14?,15-,16+,17?,18?/m1/s1. The Balaban J connectivity index is 1.33. The van der Waals surface area contributed by atoms with E-state index < -0.39 is 0 Å². The Bertz CT molecular complexity index is 540. The molecule has 0 amide bonds. The number of fused-ring (bicyclic) bond motifs is 3. The molecule has 2 spiro atoms. The van der Waals surface area contributed by atoms with E-state index in [2.05, 4.69) is 6.07 Å². The SMILES string of the molecule is N#CCCC1CC[C@@H]2OC3CC2(C[C@H]2OC4(CCCCC4)OC32)O1. The van der Waals surface area contributed by atoms with E-state index in [0.29, 0.717) is 6.42 Å². The highest BCUT2D eigenvalue weighted by Gasteiger charge is 2.65. The minimum Gasteiger partial charge on any atom is -0.369 e. The number of hydrogen-bond donors (Lipinski definition) is 0. The number of nitriles is 1. The van der Waals surface area contributed by atoms with E-state index in [1.54, 1.807) is 0 Å². The van der Waals surface area contributed by atoms with E-state index in [4.69, 9.17) is 24.2 Å². The van der Waals surface area contributed by atoms with Crippen LogP contribution in [0.4, 0.5) is 0 Å². The third-order valence-corrected chi connectivity index (χ3v) is 6.81. The van der Waals surface area contributed by atoms with Crippen molar-refractivity contribution in [3.8, 4) is 6.07 Å². The first-order valence-electron chi connectivity index (χ1n) is 9.78. The summed E-state index contributed by atoms with van der Waals surface area (Å²) in [6.07, 6.45) is 11.7. The van der Waals surface area contributed by atoms with Gasteiger partial charge in [0.1, 0.15) is 6.10 Å². The lowest BCUT2D eigenvalue weighted by atomic mass is 9.76. The third-order valence-electron chi connectivity index (χ3n) is 6.81. The molecule has 2 bridgehead atoms. The summed E-state index contributed by atoms with van der Waals surface area (Å²) in [7, 11) is 0. The lowest BCUT2D eigenvalue weighted by Crippen LogP contribution is -2.53. The molecule has 4 unspecified atom stereocenters. The average molecular weight is 333 g/mol. The summed E-state index contributed by atoms with van der Waals surface area (Å²) in [5.74, 6) is -0.345. The van der Waals surface area contributed by atoms with Gasteiger partial charge in [-0.3, -0.25) is 0 Å². The summed E-state index contributed by atoms with van der Waals surface area (Å²) in [4.78, 5) is 0. The van der Waals surface area contributed by atoms with Crippen molar-refractivity contribution in [1.82, 2.24) is 0 Å². The Morgan fingerprint density at radius 1 is 0.958 bits per heavy atom. The van der Waals surface area contributed by atoms with Gasteiger partial charge in [-0.1, -0.05) is 6.42 Å². The van der Waals surface area contributed by atoms with E-state index in [1.165, 1.54) is 19.3 Å². The second-order valence-electron chi connectivity index (χ2n) is 8.36. The molecule has 132 valence electrons. The van der Waals surface area contributed by atoms with E-state index >= 15 is 0 Å². The van der Waals surface area contributed by atoms with Gasteiger partial charge in [-0.05, 0) is 32.1 Å². The second kappa shape index (κ2) is 5.67. The maximum absolute atomic E-state index is 8.86. The first-order valence-corrected chi connectivity index (χ1v) is 9.78. The van der Waals surface area contributed by atoms with Crippen molar-refractivity contribution in [3.05, 3.63) is 0 Å². The van der Waals surface area contributed by atoms with Crippen molar-refractivity contribution in [3.63, 3.8) is 0 Å². The number of rotatable bonds is 2. The summed E-state index contributed by atoms with van der Waals surface area (Å²) in [6, 6.07) is 2.25. The maximum Gasteiger partial charge on any atom is 0.169 e. The summed E-state index contributed by atoms with van der Waals surface area (Å²) >= 11 is 0. The highest BCUT2D eigenvalue weighted by Crippen LogP contribution is 2.55. The predicted molar refractivity (Wildman–Crippen MR) is 85.1 cm³/mol. The Morgan fingerprint density at radius 3 is 2.62 bits per heavy atom. The van der Waals surface area contributed by atoms with E-state index in [0.717, 1.165) is 44.9 Å². The van der Waals surface area contributed by atoms with Gasteiger partial charge in [-0.25, -0.2) is 0 Å². The van der Waals surface area contributed by atoms with Gasteiger partial charge in [0.15, 0.2) is 5.79 Å². The molecule has 5 aliphatic rings. The molecule has 2 saturated carbocycles. The van der Waals surface area contributed by atoms with Gasteiger partial charge < -0.3 is 18.9 Å². The van der Waals surface area contributed by atoms with E-state index in [9.17, 15) is 0 Å². The van der Waals surface area contributed by atoms with Gasteiger partial charge in [0.25, 0.3) is 0 Å². The molecule has 24 heavy (non-hydrogen) atoms. The van der Waals surface area contributed by atoms with Gasteiger partial charge in [0.2, 0.25) is 0 Å². The van der Waals surface area contributed by atoms with E-state index in [1.807, 2.05) is 0 Å². The van der Waals surface area contributed by atoms with Gasteiger partial charge in [-0.2, -0.15) is 5.26 Å². The first-order chi connectivity index (χ1) is 11.7. The van der Waals surface area contributed by atoms with Crippen LogP contribution in [0, 0.1) is 11.3 Å². The van der Waals surface area contributed by atoms with Crippen LogP contribution < -0.4 is 0 Å². The third kappa shape index (κ3) is 2.34. The van der Waals surface area contributed by atoms with Crippen LogP contribution in [0.15, 0.2) is 0 Å². The normalized spacial score (nSPS) is 48.7. The summed E-state index contributed by atoms with van der Waals surface area (Å²) < 4.78 is 25.9. The number of ether oxygens (including phenoxy) is 4. The zero-order valence-corrected chi connectivity index (χ0v) is 14.2. The molecule has 5 nitrogen and oxygen atoms in total. The van der Waals surface area contributed by atoms with Gasteiger partial charge >= 0.3 is 0 Å². The summed E-state index contributed by atoms with van der Waals surface area (Å²) in [5.41, 5.74) is -0.201. The molecule has 3 heterocycles. The summed E-state index contributed by atoms with van der Waals surface area (Å²) in [5, 5.41) is 8.86. The molecule has 3 saturated heterocycles. The summed E-state index contributed by atoms with van der Waals surface area (Å²) in [6.45, 7) is 0. The van der Waals surface area contributed by atoms with Gasteiger partial charge in [0.05, 0.1) is 36.1 Å². The molecule has 3 aliphatic heterocycles. The van der Waals surface area contributed by atoms with Crippen molar-refractivity contribution in [2.75, 3.05) is 0 Å². The predicted octanol–water partition coefficient (Wildman–Crippen LogP) is 3.21. The van der Waals surface area contributed by atoms with Crippen LogP contribution in [0.25, 0.3) is 0 Å². The molecule has 0 N–H and O–H groups in total. The minimum atomic E-state index is -0.345. The molecule has 5 fully saturated rings. The Labute approximate surface area is 143 Å². The Hall–Kier alpha value is -0.670. The quantitative estimate of drug-likeness (QED) is 0.776. The molecule has 0 aromatic heterocycles. The zero-order valence-electron chi connectivity index (χ0n) is 14.2. The molecule has 0 aromatic carbocycles. The average Bonchev–Trinajstić information content (AvgIpc) is 3.09. The van der Waals surface area contributed by atoms with E-state index in [-0.39, 0.29) is 41.9 Å². The molecule has 5 rings (SSSR count). The minimum absolute atomic E-state index is 0.0838. The number of hydrogen-bond acceptors (Lipinski definition) is 5. The van der Waals surface area contributed by atoms with Crippen LogP contribution in [0.2, 0.25) is 0 Å². The van der Waals surface area contributed by atoms with Crippen LogP contribution in [0.5, 0.6) is 0 Å². The molecule has 2 aliphatic carbocycles. The largest absolute Gasteiger partial charge is 0.369 e. The Kier molecular flexibility index (Phi) is 3.68. The van der Waals surface area contributed by atoms with Crippen molar-refractivity contribution in [2.45, 2.75) is 113 Å². The maximum atomic E-state index is 8.86. The fourth-order valence-corrected chi connectivity index (χ4v) is 5.76. The highest BCUT2D eigenvalue weighted by molar-refractivity contribution is 5.12. The van der Waals surface area contributed by atoms with Crippen molar-refractivity contribution >= 4 is 0 Å². The topological polar surface area (TPSA) is 60.7 Å². The molecule has 0 radical (unpaired) electrons. The fourth-order valence-electron chi connectivity index (χ4n) is 5.76. The Morgan fingerprint density at radius 2 is 1.79 bits per heavy atom. The zero-order chi connectivity index (χ0) is 16.2. The van der Waals surface area contributed by atoms with Gasteiger partial charge in [-0.15, -0.1) is 0 Å².